The highest BCUT2D eigenvalue weighted by Crippen LogP contribution is 2.01. The highest BCUT2D eigenvalue weighted by atomic mass is 15.3. The molecule has 78 valence electrons. The number of rotatable bonds is 4. The van der Waals surface area contributed by atoms with Gasteiger partial charge in [-0.1, -0.05) is 0 Å². The molecule has 0 aliphatic carbocycles. The topological polar surface area (TPSA) is 68.5 Å². The molecule has 0 aromatic carbocycles. The van der Waals surface area contributed by atoms with E-state index in [2.05, 4.69) is 25.4 Å². The van der Waals surface area contributed by atoms with Crippen molar-refractivity contribution in [2.24, 2.45) is 0 Å². The minimum absolute atomic E-state index is 0.597. The third-order valence-corrected chi connectivity index (χ3v) is 1.85. The lowest BCUT2D eigenvalue weighted by atomic mass is 10.4. The molecule has 0 saturated heterocycles. The van der Waals surface area contributed by atoms with E-state index in [4.69, 9.17) is 0 Å². The molecular formula is C9H12N6. The Morgan fingerprint density at radius 2 is 2.27 bits per heavy atom. The zero-order valence-corrected chi connectivity index (χ0v) is 8.46. The molecule has 0 unspecified atom stereocenters. The Morgan fingerprint density at radius 3 is 2.87 bits per heavy atom. The van der Waals surface area contributed by atoms with Crippen LogP contribution >= 0.6 is 0 Å². The number of hydrogen-bond donors (Lipinski definition) is 1. The van der Waals surface area contributed by atoms with Crippen LogP contribution in [0, 0.1) is 0 Å². The van der Waals surface area contributed by atoms with Gasteiger partial charge in [0.2, 0.25) is 0 Å². The summed E-state index contributed by atoms with van der Waals surface area (Å²) in [6.07, 6.45) is 6.61. The summed E-state index contributed by atoms with van der Waals surface area (Å²) < 4.78 is 1.71. The normalized spacial score (nSPS) is 10.2. The summed E-state index contributed by atoms with van der Waals surface area (Å²) in [5.74, 6) is 0.792. The van der Waals surface area contributed by atoms with Gasteiger partial charge in [-0.2, -0.15) is 5.10 Å². The molecule has 6 heteroatoms. The van der Waals surface area contributed by atoms with E-state index >= 15 is 0 Å². The Bertz CT molecular complexity index is 393. The molecule has 2 aromatic rings. The Labute approximate surface area is 87.4 Å². The van der Waals surface area contributed by atoms with Crippen LogP contribution in [0.4, 0.5) is 5.82 Å². The first-order valence-electron chi connectivity index (χ1n) is 4.75. The molecular weight excluding hydrogens is 192 g/mol. The number of nitrogens with zero attached hydrogens (tertiary/aromatic N) is 5. The maximum atomic E-state index is 4.26. The smallest absolute Gasteiger partial charge is 0.144 e. The van der Waals surface area contributed by atoms with Gasteiger partial charge in [0.25, 0.3) is 0 Å². The zero-order valence-electron chi connectivity index (χ0n) is 8.46. The van der Waals surface area contributed by atoms with Crippen molar-refractivity contribution in [2.45, 2.75) is 13.5 Å². The van der Waals surface area contributed by atoms with E-state index in [1.807, 2.05) is 6.92 Å². The monoisotopic (exact) mass is 204 g/mol. The minimum atomic E-state index is 0.597. The first-order valence-corrected chi connectivity index (χ1v) is 4.75. The van der Waals surface area contributed by atoms with Crippen molar-refractivity contribution >= 4 is 5.82 Å². The van der Waals surface area contributed by atoms with Crippen molar-refractivity contribution in [1.82, 2.24) is 24.7 Å². The predicted molar refractivity (Wildman–Crippen MR) is 55.3 cm³/mol. The van der Waals surface area contributed by atoms with E-state index in [0.29, 0.717) is 6.54 Å². The van der Waals surface area contributed by atoms with Crippen LogP contribution in [0.3, 0.4) is 0 Å². The van der Waals surface area contributed by atoms with Crippen LogP contribution in [-0.2, 0) is 6.54 Å². The standard InChI is InChI=1S/C9H12N6/c1-2-11-9-4-12-8(3-13-9)5-15-7-10-6-14-15/h3-4,6-7H,2,5H2,1H3,(H,11,13). The third-order valence-electron chi connectivity index (χ3n) is 1.85. The van der Waals surface area contributed by atoms with E-state index in [1.165, 1.54) is 6.33 Å². The lowest BCUT2D eigenvalue weighted by Crippen LogP contribution is -2.05. The van der Waals surface area contributed by atoms with Crippen LogP contribution < -0.4 is 5.32 Å². The Balaban J connectivity index is 2.04. The summed E-state index contributed by atoms with van der Waals surface area (Å²) in [5, 5.41) is 7.08. The molecule has 6 nitrogen and oxygen atoms in total. The fourth-order valence-electron chi connectivity index (χ4n) is 1.19. The van der Waals surface area contributed by atoms with E-state index in [0.717, 1.165) is 18.1 Å². The van der Waals surface area contributed by atoms with Crippen LogP contribution in [0.2, 0.25) is 0 Å². The maximum Gasteiger partial charge on any atom is 0.144 e. The van der Waals surface area contributed by atoms with Gasteiger partial charge in [0.1, 0.15) is 18.5 Å². The number of nitrogens with one attached hydrogen (secondary N) is 1. The Morgan fingerprint density at radius 1 is 1.33 bits per heavy atom. The van der Waals surface area contributed by atoms with E-state index < -0.39 is 0 Å². The molecule has 15 heavy (non-hydrogen) atoms. The third kappa shape index (κ3) is 2.49. The molecule has 0 aliphatic rings. The van der Waals surface area contributed by atoms with Gasteiger partial charge in [0, 0.05) is 6.54 Å². The number of anilines is 1. The summed E-state index contributed by atoms with van der Waals surface area (Å²) in [5.41, 5.74) is 0.863. The summed E-state index contributed by atoms with van der Waals surface area (Å²) in [6.45, 7) is 3.46. The lowest BCUT2D eigenvalue weighted by Gasteiger charge is -2.03. The fourth-order valence-corrected chi connectivity index (χ4v) is 1.19. The molecule has 2 aromatic heterocycles. The van der Waals surface area contributed by atoms with Crippen molar-refractivity contribution in [2.75, 3.05) is 11.9 Å². The molecule has 1 N–H and O–H groups in total. The summed E-state index contributed by atoms with van der Waals surface area (Å²) >= 11 is 0. The molecule has 0 atom stereocenters. The molecule has 2 heterocycles. The summed E-state index contributed by atoms with van der Waals surface area (Å²) in [6, 6.07) is 0. The van der Waals surface area contributed by atoms with Crippen LogP contribution in [0.15, 0.2) is 25.0 Å². The van der Waals surface area contributed by atoms with Crippen LogP contribution in [-0.4, -0.2) is 31.3 Å². The first-order chi connectivity index (χ1) is 7.38. The molecule has 2 rings (SSSR count). The van der Waals surface area contributed by atoms with Gasteiger partial charge in [-0.15, -0.1) is 0 Å². The van der Waals surface area contributed by atoms with Gasteiger partial charge < -0.3 is 5.32 Å². The summed E-state index contributed by atoms with van der Waals surface area (Å²) in [4.78, 5) is 12.3. The first kappa shape index (κ1) is 9.57. The fraction of sp³-hybridized carbons (Fsp3) is 0.333. The van der Waals surface area contributed by atoms with E-state index in [9.17, 15) is 0 Å². The molecule has 0 fully saturated rings. The quantitative estimate of drug-likeness (QED) is 0.787. The molecule has 0 saturated carbocycles. The minimum Gasteiger partial charge on any atom is -0.369 e. The number of aromatic nitrogens is 5. The van der Waals surface area contributed by atoms with Gasteiger partial charge in [0.15, 0.2) is 0 Å². The van der Waals surface area contributed by atoms with Crippen molar-refractivity contribution in [3.8, 4) is 0 Å². The van der Waals surface area contributed by atoms with Crippen LogP contribution in [0.1, 0.15) is 12.6 Å². The van der Waals surface area contributed by atoms with Gasteiger partial charge >= 0.3 is 0 Å². The van der Waals surface area contributed by atoms with E-state index in [1.54, 1.807) is 23.4 Å². The maximum absolute atomic E-state index is 4.26. The van der Waals surface area contributed by atoms with E-state index in [-0.39, 0.29) is 0 Å². The highest BCUT2D eigenvalue weighted by Gasteiger charge is 1.98. The van der Waals surface area contributed by atoms with Crippen molar-refractivity contribution in [3.05, 3.63) is 30.7 Å². The Hall–Kier alpha value is -1.98. The SMILES string of the molecule is CCNc1cnc(Cn2cncn2)cn1. The van der Waals surface area contributed by atoms with Crippen LogP contribution in [0.25, 0.3) is 0 Å². The van der Waals surface area contributed by atoms with Gasteiger partial charge in [-0.05, 0) is 6.92 Å². The second kappa shape index (κ2) is 4.50. The molecule has 0 aliphatic heterocycles. The van der Waals surface area contributed by atoms with Gasteiger partial charge in [-0.25, -0.2) is 14.6 Å². The summed E-state index contributed by atoms with van der Waals surface area (Å²) in [7, 11) is 0. The van der Waals surface area contributed by atoms with Crippen molar-refractivity contribution in [1.29, 1.82) is 0 Å². The second-order valence-corrected chi connectivity index (χ2v) is 3.02. The van der Waals surface area contributed by atoms with Crippen LogP contribution in [0.5, 0.6) is 0 Å². The highest BCUT2D eigenvalue weighted by molar-refractivity contribution is 5.30. The molecule has 0 bridgehead atoms. The Kier molecular flexibility index (Phi) is 2.87. The van der Waals surface area contributed by atoms with Crippen molar-refractivity contribution < 1.29 is 0 Å². The zero-order chi connectivity index (χ0) is 10.5. The largest absolute Gasteiger partial charge is 0.369 e. The molecule has 0 spiro atoms. The van der Waals surface area contributed by atoms with Gasteiger partial charge in [-0.3, -0.25) is 4.98 Å². The van der Waals surface area contributed by atoms with Gasteiger partial charge in [0.05, 0.1) is 24.6 Å². The average molecular weight is 204 g/mol. The molecule has 0 radical (unpaired) electrons. The second-order valence-electron chi connectivity index (χ2n) is 3.02. The molecule has 0 amide bonds. The predicted octanol–water partition coefficient (Wildman–Crippen LogP) is 0.548. The number of hydrogen-bond acceptors (Lipinski definition) is 5. The van der Waals surface area contributed by atoms with Crippen molar-refractivity contribution in [3.63, 3.8) is 0 Å². The lowest BCUT2D eigenvalue weighted by molar-refractivity contribution is 0.668. The average Bonchev–Trinajstić information content (AvgIpc) is 2.74.